The van der Waals surface area contributed by atoms with Crippen molar-refractivity contribution in [1.29, 1.82) is 5.26 Å². The molecule has 1 atom stereocenters. The van der Waals surface area contributed by atoms with Gasteiger partial charge in [0, 0.05) is 10.6 Å². The van der Waals surface area contributed by atoms with E-state index in [4.69, 9.17) is 5.14 Å². The van der Waals surface area contributed by atoms with Gasteiger partial charge in [-0.25, -0.2) is 13.6 Å². The lowest BCUT2D eigenvalue weighted by Gasteiger charge is -2.14. The Kier molecular flexibility index (Phi) is 5.08. The zero-order valence-electron chi connectivity index (χ0n) is 11.9. The van der Waals surface area contributed by atoms with E-state index < -0.39 is 16.1 Å². The van der Waals surface area contributed by atoms with Crippen LogP contribution in [0.2, 0.25) is 0 Å². The summed E-state index contributed by atoms with van der Waals surface area (Å²) in [6.07, 6.45) is 1.99. The van der Waals surface area contributed by atoms with Crippen LogP contribution >= 0.6 is 11.8 Å². The summed E-state index contributed by atoms with van der Waals surface area (Å²) in [5, 5.41) is 17.4. The lowest BCUT2D eigenvalue weighted by molar-refractivity contribution is 0.598. The van der Waals surface area contributed by atoms with E-state index >= 15 is 0 Å². The van der Waals surface area contributed by atoms with Gasteiger partial charge in [-0.1, -0.05) is 12.1 Å². The second kappa shape index (κ2) is 6.83. The van der Waals surface area contributed by atoms with Crippen LogP contribution in [0.4, 0.5) is 5.69 Å². The second-order valence-corrected chi connectivity index (χ2v) is 6.99. The van der Waals surface area contributed by atoms with Gasteiger partial charge in [-0.15, -0.1) is 11.8 Å². The molecule has 0 aliphatic heterocycles. The first-order valence-corrected chi connectivity index (χ1v) is 9.14. The van der Waals surface area contributed by atoms with Gasteiger partial charge in [-0.3, -0.25) is 0 Å². The number of nitriles is 1. The minimum absolute atomic E-state index is 0.0379. The molecule has 1 unspecified atom stereocenters. The number of primary sulfonamides is 1. The van der Waals surface area contributed by atoms with Gasteiger partial charge in [-0.2, -0.15) is 5.26 Å². The number of nitrogens with one attached hydrogen (secondary N) is 1. The number of rotatable bonds is 5. The number of thioether (sulfide) groups is 1. The second-order valence-electron chi connectivity index (χ2n) is 4.55. The summed E-state index contributed by atoms with van der Waals surface area (Å²) in [6, 6.07) is 15.3. The van der Waals surface area contributed by atoms with E-state index in [1.54, 1.807) is 23.9 Å². The summed E-state index contributed by atoms with van der Waals surface area (Å²) in [6.45, 7) is 0. The fourth-order valence-corrected chi connectivity index (χ4v) is 2.82. The van der Waals surface area contributed by atoms with Crippen molar-refractivity contribution in [3.05, 3.63) is 54.1 Å². The Hall–Kier alpha value is -2.01. The van der Waals surface area contributed by atoms with Gasteiger partial charge in [0.15, 0.2) is 0 Å². The number of nitrogens with two attached hydrogens (primary N) is 1. The number of nitrogens with zero attached hydrogens (tertiary/aromatic N) is 1. The maximum absolute atomic E-state index is 11.2. The van der Waals surface area contributed by atoms with Crippen LogP contribution in [-0.2, 0) is 10.0 Å². The molecule has 0 aromatic heterocycles. The summed E-state index contributed by atoms with van der Waals surface area (Å²) in [4.78, 5) is 1.16. The van der Waals surface area contributed by atoms with Crippen LogP contribution < -0.4 is 10.5 Å². The molecule has 0 saturated carbocycles. The Morgan fingerprint density at radius 2 is 1.73 bits per heavy atom. The van der Waals surface area contributed by atoms with Crippen LogP contribution in [0.25, 0.3) is 0 Å². The highest BCUT2D eigenvalue weighted by molar-refractivity contribution is 7.98. The molecule has 22 heavy (non-hydrogen) atoms. The molecule has 0 heterocycles. The van der Waals surface area contributed by atoms with Crippen molar-refractivity contribution in [1.82, 2.24) is 0 Å². The van der Waals surface area contributed by atoms with Crippen LogP contribution in [0.3, 0.4) is 0 Å². The molecule has 5 nitrogen and oxygen atoms in total. The lowest BCUT2D eigenvalue weighted by atomic mass is 10.1. The molecule has 2 rings (SSSR count). The van der Waals surface area contributed by atoms with Crippen molar-refractivity contribution in [3.8, 4) is 6.07 Å². The molecule has 0 fully saturated rings. The van der Waals surface area contributed by atoms with Crippen LogP contribution in [0, 0.1) is 11.3 Å². The van der Waals surface area contributed by atoms with Gasteiger partial charge in [0.2, 0.25) is 10.0 Å². The lowest BCUT2D eigenvalue weighted by Crippen LogP contribution is -2.12. The molecular weight excluding hydrogens is 318 g/mol. The quantitative estimate of drug-likeness (QED) is 0.820. The third kappa shape index (κ3) is 4.01. The highest BCUT2D eigenvalue weighted by Gasteiger charge is 2.11. The first-order valence-electron chi connectivity index (χ1n) is 6.37. The topological polar surface area (TPSA) is 96.0 Å². The molecule has 0 radical (unpaired) electrons. The summed E-state index contributed by atoms with van der Waals surface area (Å²) in [5.41, 5.74) is 1.49. The zero-order chi connectivity index (χ0) is 16.2. The molecular formula is C15H15N3O2S2. The van der Waals surface area contributed by atoms with Crippen molar-refractivity contribution >= 4 is 27.5 Å². The van der Waals surface area contributed by atoms with E-state index in [1.165, 1.54) is 12.1 Å². The van der Waals surface area contributed by atoms with Crippen molar-refractivity contribution in [2.24, 2.45) is 5.14 Å². The summed E-state index contributed by atoms with van der Waals surface area (Å²) in [5.74, 6) is 0. The molecule has 0 spiro atoms. The monoisotopic (exact) mass is 333 g/mol. The highest BCUT2D eigenvalue weighted by Crippen LogP contribution is 2.23. The zero-order valence-corrected chi connectivity index (χ0v) is 13.5. The Balaban J connectivity index is 2.18. The summed E-state index contributed by atoms with van der Waals surface area (Å²) < 4.78 is 22.4. The number of hydrogen-bond acceptors (Lipinski definition) is 5. The molecule has 0 amide bonds. The smallest absolute Gasteiger partial charge is 0.238 e. The molecule has 0 saturated heterocycles. The van der Waals surface area contributed by atoms with Crippen LogP contribution in [0.15, 0.2) is 58.3 Å². The molecule has 0 bridgehead atoms. The normalized spacial score (nSPS) is 12.4. The highest BCUT2D eigenvalue weighted by atomic mass is 32.2. The number of hydrogen-bond donors (Lipinski definition) is 2. The summed E-state index contributed by atoms with van der Waals surface area (Å²) in [7, 11) is -3.71. The molecule has 0 aliphatic rings. The fourth-order valence-electron chi connectivity index (χ4n) is 1.89. The molecule has 0 aliphatic carbocycles. The largest absolute Gasteiger partial charge is 0.366 e. The van der Waals surface area contributed by atoms with Crippen LogP contribution in [0.1, 0.15) is 11.6 Å². The van der Waals surface area contributed by atoms with Crippen LogP contribution in [0.5, 0.6) is 0 Å². The number of benzene rings is 2. The van der Waals surface area contributed by atoms with E-state index in [1.807, 2.05) is 30.5 Å². The maximum atomic E-state index is 11.2. The van der Waals surface area contributed by atoms with Gasteiger partial charge >= 0.3 is 0 Å². The van der Waals surface area contributed by atoms with E-state index in [-0.39, 0.29) is 4.90 Å². The van der Waals surface area contributed by atoms with Crippen molar-refractivity contribution < 1.29 is 8.42 Å². The predicted molar refractivity (Wildman–Crippen MR) is 88.0 cm³/mol. The average Bonchev–Trinajstić information content (AvgIpc) is 2.52. The third-order valence-electron chi connectivity index (χ3n) is 3.07. The van der Waals surface area contributed by atoms with E-state index in [9.17, 15) is 13.7 Å². The molecule has 2 aromatic rings. The Morgan fingerprint density at radius 3 is 2.18 bits per heavy atom. The number of anilines is 1. The fraction of sp³-hybridized carbons (Fsp3) is 0.133. The van der Waals surface area contributed by atoms with Gasteiger partial charge in [0.1, 0.15) is 6.04 Å². The van der Waals surface area contributed by atoms with Gasteiger partial charge < -0.3 is 5.32 Å². The van der Waals surface area contributed by atoms with E-state index in [0.29, 0.717) is 5.69 Å². The van der Waals surface area contributed by atoms with E-state index in [2.05, 4.69) is 11.4 Å². The summed E-state index contributed by atoms with van der Waals surface area (Å²) >= 11 is 1.63. The van der Waals surface area contributed by atoms with E-state index in [0.717, 1.165) is 10.5 Å². The van der Waals surface area contributed by atoms with Crippen LogP contribution in [-0.4, -0.2) is 14.7 Å². The van der Waals surface area contributed by atoms with Crippen molar-refractivity contribution in [2.45, 2.75) is 15.8 Å². The third-order valence-corrected chi connectivity index (χ3v) is 4.74. The first kappa shape index (κ1) is 16.4. The van der Waals surface area contributed by atoms with Crippen molar-refractivity contribution in [3.63, 3.8) is 0 Å². The van der Waals surface area contributed by atoms with Gasteiger partial charge in [-0.05, 0) is 48.2 Å². The van der Waals surface area contributed by atoms with Gasteiger partial charge in [0.25, 0.3) is 0 Å². The molecule has 114 valence electrons. The standard InChI is InChI=1S/C15H15N3O2S2/c1-21-13-6-2-11(3-7-13)15(10-16)18-12-4-8-14(9-5-12)22(17,19)20/h2-9,15,18H,1H3,(H2,17,19,20). The SMILES string of the molecule is CSc1ccc(C(C#N)Nc2ccc(S(N)(=O)=O)cc2)cc1. The molecule has 3 N–H and O–H groups in total. The Bertz CT molecular complexity index is 779. The predicted octanol–water partition coefficient (Wildman–Crippen LogP) is 2.73. The molecule has 7 heteroatoms. The number of sulfonamides is 1. The first-order chi connectivity index (χ1) is 10.4. The Labute approximate surface area is 134 Å². The van der Waals surface area contributed by atoms with Gasteiger partial charge in [0.05, 0.1) is 11.0 Å². The maximum Gasteiger partial charge on any atom is 0.238 e. The minimum Gasteiger partial charge on any atom is -0.366 e. The Morgan fingerprint density at radius 1 is 1.14 bits per heavy atom. The molecule has 2 aromatic carbocycles. The minimum atomic E-state index is -3.71. The average molecular weight is 333 g/mol. The van der Waals surface area contributed by atoms with Crippen molar-refractivity contribution in [2.75, 3.05) is 11.6 Å².